The Kier molecular flexibility index (Phi) is 4.56. The van der Waals surface area contributed by atoms with E-state index in [9.17, 15) is 9.59 Å². The van der Waals surface area contributed by atoms with Crippen LogP contribution in [0, 0.1) is 11.8 Å². The van der Waals surface area contributed by atoms with Crippen molar-refractivity contribution in [1.29, 1.82) is 0 Å². The summed E-state index contributed by atoms with van der Waals surface area (Å²) in [5.41, 5.74) is 6.80. The van der Waals surface area contributed by atoms with Crippen LogP contribution in [-0.4, -0.2) is 24.8 Å². The number of carbonyl (C=O) groups is 2. The molecule has 1 aliphatic rings. The van der Waals surface area contributed by atoms with Gasteiger partial charge in [0.2, 0.25) is 0 Å². The lowest BCUT2D eigenvalue weighted by molar-refractivity contribution is 0.0964. The summed E-state index contributed by atoms with van der Waals surface area (Å²) in [4.78, 5) is 24.9. The minimum absolute atomic E-state index is 0.0768. The molecular weight excluding hydrogens is 286 g/mol. The predicted molar refractivity (Wildman–Crippen MR) is 87.1 cm³/mol. The summed E-state index contributed by atoms with van der Waals surface area (Å²) in [6.45, 7) is 6.26. The highest BCUT2D eigenvalue weighted by Crippen LogP contribution is 2.42. The minimum atomic E-state index is -0.253. The Hall–Kier alpha value is -1.56. The van der Waals surface area contributed by atoms with Gasteiger partial charge in [-0.05, 0) is 25.7 Å². The van der Waals surface area contributed by atoms with E-state index in [-0.39, 0.29) is 23.7 Å². The van der Waals surface area contributed by atoms with Crippen LogP contribution in [0.2, 0.25) is 0 Å². The molecule has 0 aliphatic heterocycles. The molecule has 21 heavy (non-hydrogen) atoms. The average Bonchev–Trinajstić information content (AvgIpc) is 3.23. The maximum absolute atomic E-state index is 12.3. The summed E-state index contributed by atoms with van der Waals surface area (Å²) in [6, 6.07) is 0.190. The zero-order chi connectivity index (χ0) is 15.7. The van der Waals surface area contributed by atoms with E-state index in [2.05, 4.69) is 31.4 Å². The number of carbonyl (C=O) groups excluding carboxylic acids is 2. The molecule has 1 aromatic heterocycles. The van der Waals surface area contributed by atoms with Gasteiger partial charge in [0.1, 0.15) is 5.00 Å². The smallest absolute Gasteiger partial charge is 0.256 e. The predicted octanol–water partition coefficient (Wildman–Crippen LogP) is 2.74. The van der Waals surface area contributed by atoms with E-state index in [0.29, 0.717) is 27.0 Å². The molecule has 1 aliphatic carbocycles. The van der Waals surface area contributed by atoms with Gasteiger partial charge in [-0.15, -0.1) is 11.3 Å². The summed E-state index contributed by atoms with van der Waals surface area (Å²) in [5.74, 6) is 0.331. The van der Waals surface area contributed by atoms with Gasteiger partial charge in [-0.25, -0.2) is 0 Å². The Morgan fingerprint density at radius 2 is 1.90 bits per heavy atom. The van der Waals surface area contributed by atoms with Gasteiger partial charge in [0.05, 0.1) is 16.1 Å². The number of thiophene rings is 1. The second-order valence-electron chi connectivity index (χ2n) is 5.94. The van der Waals surface area contributed by atoms with Crippen LogP contribution in [0.5, 0.6) is 0 Å². The maximum Gasteiger partial charge on any atom is 0.256 e. The van der Waals surface area contributed by atoms with E-state index in [1.54, 1.807) is 7.05 Å². The van der Waals surface area contributed by atoms with Crippen molar-refractivity contribution in [2.45, 2.75) is 39.7 Å². The molecule has 116 valence electrons. The van der Waals surface area contributed by atoms with E-state index in [1.165, 1.54) is 11.3 Å². The first kappa shape index (κ1) is 15.8. The molecule has 0 radical (unpaired) electrons. The van der Waals surface area contributed by atoms with Crippen LogP contribution in [0.1, 0.15) is 53.6 Å². The fourth-order valence-corrected chi connectivity index (χ4v) is 3.22. The Balaban J connectivity index is 2.39. The van der Waals surface area contributed by atoms with Crippen molar-refractivity contribution in [3.8, 4) is 0 Å². The fraction of sp³-hybridized carbons (Fsp3) is 0.600. The van der Waals surface area contributed by atoms with Crippen LogP contribution in [0.3, 0.4) is 0 Å². The molecule has 0 saturated heterocycles. The van der Waals surface area contributed by atoms with Crippen LogP contribution in [0.15, 0.2) is 0 Å². The largest absolute Gasteiger partial charge is 0.397 e. The van der Waals surface area contributed by atoms with E-state index in [4.69, 9.17) is 5.73 Å². The van der Waals surface area contributed by atoms with Crippen LogP contribution in [0.4, 0.5) is 10.7 Å². The molecule has 0 spiro atoms. The summed E-state index contributed by atoms with van der Waals surface area (Å²) in [6.07, 6.45) is 1.85. The highest BCUT2D eigenvalue weighted by atomic mass is 32.1. The maximum atomic E-state index is 12.3. The van der Waals surface area contributed by atoms with Gasteiger partial charge in [-0.3, -0.25) is 9.59 Å². The number of anilines is 2. The fourth-order valence-electron chi connectivity index (χ4n) is 1.98. The molecule has 1 saturated carbocycles. The number of nitrogens with one attached hydrogen (secondary N) is 2. The van der Waals surface area contributed by atoms with Gasteiger partial charge in [-0.2, -0.15) is 0 Å². The number of nitrogens with two attached hydrogens (primary N) is 1. The molecule has 1 heterocycles. The topological polar surface area (TPSA) is 84.2 Å². The highest BCUT2D eigenvalue weighted by Gasteiger charge is 2.35. The zero-order valence-corrected chi connectivity index (χ0v) is 13.8. The lowest BCUT2D eigenvalue weighted by atomic mass is 10.1. The van der Waals surface area contributed by atoms with Crippen LogP contribution >= 0.6 is 11.3 Å². The lowest BCUT2D eigenvalue weighted by Gasteiger charge is -2.18. The third-order valence-electron chi connectivity index (χ3n) is 3.93. The number of ketones is 1. The zero-order valence-electron chi connectivity index (χ0n) is 12.9. The van der Waals surface area contributed by atoms with E-state index >= 15 is 0 Å². The first-order chi connectivity index (χ1) is 9.86. The molecule has 0 aromatic carbocycles. The molecule has 1 aromatic rings. The number of amides is 1. The van der Waals surface area contributed by atoms with Crippen molar-refractivity contribution >= 4 is 33.7 Å². The Bertz CT molecular complexity index is 562. The van der Waals surface area contributed by atoms with Crippen molar-refractivity contribution in [1.82, 2.24) is 5.32 Å². The number of rotatable bonds is 6. The van der Waals surface area contributed by atoms with Gasteiger partial charge in [-0.1, -0.05) is 13.8 Å². The second kappa shape index (κ2) is 6.05. The van der Waals surface area contributed by atoms with Crippen LogP contribution in [0.25, 0.3) is 0 Å². The van der Waals surface area contributed by atoms with E-state index in [1.807, 2.05) is 0 Å². The first-order valence-corrected chi connectivity index (χ1v) is 8.13. The SMILES string of the molecule is CNC(=O)c1c(NC(C)C(C)C)sc(C(=O)C2CC2)c1N. The normalized spacial score (nSPS) is 15.9. The lowest BCUT2D eigenvalue weighted by Crippen LogP contribution is -2.24. The van der Waals surface area contributed by atoms with Crippen molar-refractivity contribution in [3.05, 3.63) is 10.4 Å². The highest BCUT2D eigenvalue weighted by molar-refractivity contribution is 7.19. The molecule has 2 rings (SSSR count). The first-order valence-electron chi connectivity index (χ1n) is 7.31. The van der Waals surface area contributed by atoms with Crippen LogP contribution in [-0.2, 0) is 0 Å². The molecule has 1 atom stereocenters. The van der Waals surface area contributed by atoms with Gasteiger partial charge in [0, 0.05) is 19.0 Å². The Morgan fingerprint density at radius 1 is 1.29 bits per heavy atom. The average molecular weight is 309 g/mol. The van der Waals surface area contributed by atoms with Crippen molar-refractivity contribution < 1.29 is 9.59 Å². The third-order valence-corrected chi connectivity index (χ3v) is 5.08. The number of Topliss-reactive ketones (excluding diaryl/α,β-unsaturated/α-hetero) is 1. The van der Waals surface area contributed by atoms with Gasteiger partial charge < -0.3 is 16.4 Å². The molecule has 1 unspecified atom stereocenters. The van der Waals surface area contributed by atoms with Gasteiger partial charge in [0.25, 0.3) is 5.91 Å². The molecular formula is C15H23N3O2S. The Labute approximate surface area is 129 Å². The van der Waals surface area contributed by atoms with E-state index < -0.39 is 0 Å². The van der Waals surface area contributed by atoms with Crippen molar-refractivity contribution in [3.63, 3.8) is 0 Å². The van der Waals surface area contributed by atoms with E-state index in [0.717, 1.165) is 12.8 Å². The molecule has 1 amide bonds. The van der Waals surface area contributed by atoms with Gasteiger partial charge >= 0.3 is 0 Å². The molecule has 0 bridgehead atoms. The third kappa shape index (κ3) is 3.20. The Morgan fingerprint density at radius 3 is 2.38 bits per heavy atom. The second-order valence-corrected chi connectivity index (χ2v) is 6.96. The standard InChI is InChI=1S/C15H23N3O2S/c1-7(2)8(3)18-15-10(14(20)17-4)11(16)13(21-15)12(19)9-5-6-9/h7-9,18H,5-6,16H2,1-4H3,(H,17,20). The summed E-state index contributed by atoms with van der Waals surface area (Å²) in [7, 11) is 1.57. The van der Waals surface area contributed by atoms with Gasteiger partial charge in [0.15, 0.2) is 5.78 Å². The number of hydrogen-bond acceptors (Lipinski definition) is 5. The number of nitrogen functional groups attached to an aromatic ring is 1. The molecule has 4 N–H and O–H groups in total. The number of hydrogen-bond donors (Lipinski definition) is 3. The van der Waals surface area contributed by atoms with Crippen molar-refractivity contribution in [2.24, 2.45) is 11.8 Å². The summed E-state index contributed by atoms with van der Waals surface area (Å²) < 4.78 is 0. The monoisotopic (exact) mass is 309 g/mol. The van der Waals surface area contributed by atoms with Crippen molar-refractivity contribution in [2.75, 3.05) is 18.1 Å². The quantitative estimate of drug-likeness (QED) is 0.705. The molecule has 5 nitrogen and oxygen atoms in total. The molecule has 6 heteroatoms. The summed E-state index contributed by atoms with van der Waals surface area (Å²) in [5, 5.41) is 6.62. The summed E-state index contributed by atoms with van der Waals surface area (Å²) >= 11 is 1.31. The minimum Gasteiger partial charge on any atom is -0.397 e. The molecule has 1 fully saturated rings. The van der Waals surface area contributed by atoms with Crippen LogP contribution < -0.4 is 16.4 Å².